The smallest absolute Gasteiger partial charge is 0.351 e. The van der Waals surface area contributed by atoms with E-state index in [2.05, 4.69) is 4.98 Å². The van der Waals surface area contributed by atoms with Crippen LogP contribution < -0.4 is 11.4 Å². The molecule has 0 bridgehead atoms. The summed E-state index contributed by atoms with van der Waals surface area (Å²) in [5, 5.41) is 37.5. The first-order chi connectivity index (χ1) is 8.45. The van der Waals surface area contributed by atoms with Gasteiger partial charge < -0.3 is 30.9 Å². The molecule has 18 heavy (non-hydrogen) atoms. The fourth-order valence-corrected chi connectivity index (χ4v) is 1.76. The van der Waals surface area contributed by atoms with Crippen molar-refractivity contribution in [3.05, 3.63) is 16.7 Å². The Morgan fingerprint density at radius 2 is 2.11 bits per heavy atom. The number of aromatic nitrogens is 2. The number of nitrogen functional groups attached to an aromatic ring is 1. The lowest BCUT2D eigenvalue weighted by molar-refractivity contribution is -0.0551. The third-order valence-electron chi connectivity index (χ3n) is 2.75. The van der Waals surface area contributed by atoms with Crippen LogP contribution in [0.25, 0.3) is 0 Å². The van der Waals surface area contributed by atoms with E-state index in [9.17, 15) is 20.1 Å². The Labute approximate surface area is 101 Å². The summed E-state index contributed by atoms with van der Waals surface area (Å²) in [6.45, 7) is -0.516. The van der Waals surface area contributed by atoms with Crippen molar-refractivity contribution in [1.29, 1.82) is 0 Å². The van der Waals surface area contributed by atoms with Gasteiger partial charge in [0.15, 0.2) is 17.8 Å². The van der Waals surface area contributed by atoms with Crippen LogP contribution in [0.1, 0.15) is 6.23 Å². The van der Waals surface area contributed by atoms with Gasteiger partial charge in [-0.2, -0.15) is 4.98 Å². The molecule has 1 saturated heterocycles. The Hall–Kier alpha value is -1.68. The summed E-state index contributed by atoms with van der Waals surface area (Å²) in [6.07, 6.45) is -4.08. The molecule has 0 aliphatic carbocycles. The monoisotopic (exact) mass is 259 g/mol. The van der Waals surface area contributed by atoms with E-state index < -0.39 is 42.6 Å². The Kier molecular flexibility index (Phi) is 3.22. The van der Waals surface area contributed by atoms with Crippen LogP contribution >= 0.6 is 0 Å². The fraction of sp³-hybridized carbons (Fsp3) is 0.556. The summed E-state index contributed by atoms with van der Waals surface area (Å²) < 4.78 is 5.92. The lowest BCUT2D eigenvalue weighted by atomic mass is 10.1. The highest BCUT2D eigenvalue weighted by Gasteiger charge is 2.43. The first-order valence-corrected chi connectivity index (χ1v) is 5.15. The van der Waals surface area contributed by atoms with Gasteiger partial charge in [0.05, 0.1) is 12.8 Å². The molecule has 1 fully saturated rings. The van der Waals surface area contributed by atoms with Gasteiger partial charge in [-0.15, -0.1) is 0 Å². The van der Waals surface area contributed by atoms with Gasteiger partial charge in [-0.1, -0.05) is 0 Å². The molecule has 9 nitrogen and oxygen atoms in total. The number of hydrogen-bond acceptors (Lipinski definition) is 8. The number of aromatic hydroxyl groups is 1. The fourth-order valence-electron chi connectivity index (χ4n) is 1.76. The van der Waals surface area contributed by atoms with Crippen LogP contribution in [0.4, 0.5) is 5.82 Å². The first-order valence-electron chi connectivity index (χ1n) is 5.15. The third-order valence-corrected chi connectivity index (χ3v) is 2.75. The number of nitrogens with zero attached hydrogens (tertiary/aromatic N) is 2. The Balaban J connectivity index is 2.39. The van der Waals surface area contributed by atoms with Crippen molar-refractivity contribution in [2.24, 2.45) is 0 Å². The van der Waals surface area contributed by atoms with Crippen LogP contribution in [0, 0.1) is 0 Å². The number of ether oxygens (including phenoxy) is 1. The van der Waals surface area contributed by atoms with Gasteiger partial charge in [0.25, 0.3) is 0 Å². The maximum absolute atomic E-state index is 11.6. The molecule has 9 heteroatoms. The van der Waals surface area contributed by atoms with Crippen molar-refractivity contribution >= 4 is 5.82 Å². The van der Waals surface area contributed by atoms with Crippen molar-refractivity contribution < 1.29 is 25.2 Å². The van der Waals surface area contributed by atoms with Crippen molar-refractivity contribution in [2.45, 2.75) is 24.5 Å². The minimum atomic E-state index is -1.43. The lowest BCUT2D eigenvalue weighted by Gasteiger charge is -2.17. The zero-order valence-electron chi connectivity index (χ0n) is 9.17. The van der Waals surface area contributed by atoms with E-state index in [0.29, 0.717) is 0 Å². The minimum absolute atomic E-state index is 0.344. The van der Waals surface area contributed by atoms with E-state index in [4.69, 9.17) is 15.6 Å². The van der Waals surface area contributed by atoms with Gasteiger partial charge in [-0.05, 0) is 0 Å². The van der Waals surface area contributed by atoms with Crippen molar-refractivity contribution in [1.82, 2.24) is 9.55 Å². The highest BCUT2D eigenvalue weighted by molar-refractivity contribution is 5.41. The van der Waals surface area contributed by atoms with Crippen LogP contribution in [0.5, 0.6) is 5.75 Å². The summed E-state index contributed by atoms with van der Waals surface area (Å²) in [5.41, 5.74) is 4.39. The lowest BCUT2D eigenvalue weighted by Crippen LogP contribution is -2.36. The molecule has 0 amide bonds. The molecule has 100 valence electrons. The number of aliphatic hydroxyl groups is 3. The van der Waals surface area contributed by atoms with E-state index >= 15 is 0 Å². The van der Waals surface area contributed by atoms with Crippen LogP contribution in [-0.4, -0.2) is 54.9 Å². The van der Waals surface area contributed by atoms with Gasteiger partial charge in [0.1, 0.15) is 18.3 Å². The van der Waals surface area contributed by atoms with E-state index in [1.54, 1.807) is 0 Å². The Bertz CT molecular complexity index is 504. The van der Waals surface area contributed by atoms with E-state index in [1.165, 1.54) is 0 Å². The van der Waals surface area contributed by atoms with Gasteiger partial charge in [0.2, 0.25) is 0 Å². The van der Waals surface area contributed by atoms with E-state index in [-0.39, 0.29) is 5.82 Å². The molecule has 0 aromatic carbocycles. The molecule has 0 radical (unpaired) electrons. The maximum Gasteiger partial charge on any atom is 0.351 e. The van der Waals surface area contributed by atoms with Gasteiger partial charge in [-0.25, -0.2) is 4.79 Å². The predicted octanol–water partition coefficient (Wildman–Crippen LogP) is -2.86. The SMILES string of the molecule is Nc1nc(=O)n([C@@H]2O[C@H](CO)C(O)[C@@H]2O)cc1O. The number of nitrogens with two attached hydrogens (primary N) is 1. The molecule has 4 atom stereocenters. The number of hydrogen-bond donors (Lipinski definition) is 5. The maximum atomic E-state index is 11.6. The average molecular weight is 259 g/mol. The van der Waals surface area contributed by atoms with Crippen LogP contribution in [0.15, 0.2) is 11.0 Å². The Morgan fingerprint density at radius 1 is 1.44 bits per heavy atom. The Morgan fingerprint density at radius 3 is 2.67 bits per heavy atom. The summed E-state index contributed by atoms with van der Waals surface area (Å²) in [5.74, 6) is -0.796. The summed E-state index contributed by atoms with van der Waals surface area (Å²) in [7, 11) is 0. The highest BCUT2D eigenvalue weighted by Crippen LogP contribution is 2.29. The molecular formula is C9H13N3O6. The molecular weight excluding hydrogens is 246 g/mol. The van der Waals surface area contributed by atoms with Gasteiger partial charge >= 0.3 is 5.69 Å². The van der Waals surface area contributed by atoms with Gasteiger partial charge in [0, 0.05) is 0 Å². The summed E-state index contributed by atoms with van der Waals surface area (Å²) >= 11 is 0. The molecule has 1 aliphatic rings. The van der Waals surface area contributed by atoms with Crippen molar-refractivity contribution in [3.63, 3.8) is 0 Å². The van der Waals surface area contributed by atoms with E-state index in [1.807, 2.05) is 0 Å². The largest absolute Gasteiger partial charge is 0.503 e. The van der Waals surface area contributed by atoms with E-state index in [0.717, 1.165) is 10.8 Å². The second-order valence-electron chi connectivity index (χ2n) is 3.93. The summed E-state index contributed by atoms with van der Waals surface area (Å²) in [4.78, 5) is 14.9. The molecule has 1 aromatic heterocycles. The molecule has 0 spiro atoms. The molecule has 0 saturated carbocycles. The topological polar surface area (TPSA) is 151 Å². The molecule has 2 rings (SSSR count). The van der Waals surface area contributed by atoms with Gasteiger partial charge in [-0.3, -0.25) is 4.57 Å². The van der Waals surface area contributed by atoms with Crippen molar-refractivity contribution in [3.8, 4) is 5.75 Å². The minimum Gasteiger partial charge on any atom is -0.503 e. The van der Waals surface area contributed by atoms with Crippen LogP contribution in [-0.2, 0) is 4.74 Å². The number of rotatable bonds is 2. The second-order valence-corrected chi connectivity index (χ2v) is 3.93. The summed E-state index contributed by atoms with van der Waals surface area (Å²) in [6, 6.07) is 0. The first kappa shape index (κ1) is 12.8. The quantitative estimate of drug-likeness (QED) is 0.380. The van der Waals surface area contributed by atoms with Crippen molar-refractivity contribution in [2.75, 3.05) is 12.3 Å². The molecule has 6 N–H and O–H groups in total. The van der Waals surface area contributed by atoms with Crippen LogP contribution in [0.3, 0.4) is 0 Å². The number of aliphatic hydroxyl groups excluding tert-OH is 3. The normalized spacial score (nSPS) is 31.7. The second kappa shape index (κ2) is 4.53. The molecule has 2 heterocycles. The molecule has 1 aliphatic heterocycles. The zero-order valence-corrected chi connectivity index (χ0v) is 9.17. The zero-order chi connectivity index (χ0) is 13.4. The average Bonchev–Trinajstić information content (AvgIpc) is 2.61. The predicted molar refractivity (Wildman–Crippen MR) is 57.6 cm³/mol. The standard InChI is InChI=1S/C9H13N3O6/c10-7-3(14)1-12(9(17)11-7)8-6(16)5(15)4(2-13)18-8/h1,4-6,8,13-16H,2H2,(H2,10,11,17)/t4-,5?,6+,8-/m1/s1. The third kappa shape index (κ3) is 1.93. The number of anilines is 1. The molecule has 1 aromatic rings. The highest BCUT2D eigenvalue weighted by atomic mass is 16.6. The molecule has 1 unspecified atom stereocenters. The van der Waals surface area contributed by atoms with Crippen LogP contribution in [0.2, 0.25) is 0 Å².